The summed E-state index contributed by atoms with van der Waals surface area (Å²) in [5, 5.41) is 0. The Hall–Kier alpha value is -3.80. The molecule has 1 fully saturated rings. The lowest BCUT2D eigenvalue weighted by Crippen LogP contribution is -2.24. The van der Waals surface area contributed by atoms with Gasteiger partial charge in [-0.15, -0.1) is 0 Å². The monoisotopic (exact) mass is 438 g/mol. The van der Waals surface area contributed by atoms with Crippen molar-refractivity contribution in [3.63, 3.8) is 0 Å². The van der Waals surface area contributed by atoms with E-state index in [1.54, 1.807) is 17.1 Å². The minimum Gasteiger partial charge on any atom is -0.472 e. The van der Waals surface area contributed by atoms with Crippen molar-refractivity contribution in [1.82, 2.24) is 19.1 Å². The first kappa shape index (κ1) is 19.9. The van der Waals surface area contributed by atoms with Gasteiger partial charge in [-0.3, -0.25) is 9.13 Å². The van der Waals surface area contributed by atoms with Crippen LogP contribution in [0.5, 0.6) is 0 Å². The van der Waals surface area contributed by atoms with Gasteiger partial charge < -0.3 is 9.40 Å². The van der Waals surface area contributed by atoms with Gasteiger partial charge in [0, 0.05) is 29.8 Å². The van der Waals surface area contributed by atoms with Crippen molar-refractivity contribution in [3.05, 3.63) is 77.2 Å². The second kappa shape index (κ2) is 7.66. The number of hydrogen-bond acceptors (Lipinski definition) is 3. The molecule has 0 radical (unpaired) electrons. The molecule has 0 atom stereocenters. The number of hydrogen-bond donors (Lipinski definition) is 1. The molecule has 33 heavy (non-hydrogen) atoms. The molecule has 1 saturated carbocycles. The Balaban J connectivity index is 1.43. The first-order chi connectivity index (χ1) is 16.1. The van der Waals surface area contributed by atoms with E-state index in [4.69, 9.17) is 9.40 Å². The highest BCUT2D eigenvalue weighted by Crippen LogP contribution is 2.34. The van der Waals surface area contributed by atoms with E-state index in [1.165, 1.54) is 18.4 Å². The second-order valence-electron chi connectivity index (χ2n) is 9.06. The second-order valence-corrected chi connectivity index (χ2v) is 9.06. The van der Waals surface area contributed by atoms with E-state index >= 15 is 0 Å². The molecule has 0 unspecified atom stereocenters. The van der Waals surface area contributed by atoms with E-state index in [1.807, 2.05) is 23.9 Å². The number of imidazole rings is 2. The van der Waals surface area contributed by atoms with E-state index in [2.05, 4.69) is 48.3 Å². The van der Waals surface area contributed by atoms with Crippen molar-refractivity contribution in [2.75, 3.05) is 0 Å². The standard InChI is InChI=1S/C27H26N4O2/c1-17-7-9-21(19-11-12-33-16-19)22(13-17)26-28-15-23(29-26)18-8-10-24-25(14-18)30(2)27(32)31(24)20-5-3-4-6-20/h7-16,20H,3-6H2,1-2H3,(H,28,29). The Morgan fingerprint density at radius 3 is 2.64 bits per heavy atom. The zero-order chi connectivity index (χ0) is 22.5. The predicted molar refractivity (Wildman–Crippen MR) is 130 cm³/mol. The van der Waals surface area contributed by atoms with Gasteiger partial charge >= 0.3 is 5.69 Å². The number of rotatable bonds is 4. The van der Waals surface area contributed by atoms with Crippen LogP contribution in [0.4, 0.5) is 0 Å². The lowest BCUT2D eigenvalue weighted by atomic mass is 9.99. The van der Waals surface area contributed by atoms with Gasteiger partial charge in [0.25, 0.3) is 0 Å². The van der Waals surface area contributed by atoms with Gasteiger partial charge in [-0.25, -0.2) is 9.78 Å². The number of fused-ring (bicyclic) bond motifs is 1. The van der Waals surface area contributed by atoms with Gasteiger partial charge in [0.2, 0.25) is 0 Å². The third-order valence-corrected chi connectivity index (χ3v) is 6.93. The summed E-state index contributed by atoms with van der Waals surface area (Å²) >= 11 is 0. The van der Waals surface area contributed by atoms with Crippen LogP contribution in [-0.2, 0) is 7.05 Å². The SMILES string of the molecule is Cc1ccc(-c2ccoc2)c(-c2ncc(-c3ccc4c(c3)n(C)c(=O)n4C3CCCC3)[nH]2)c1. The Morgan fingerprint density at radius 1 is 1.00 bits per heavy atom. The maximum absolute atomic E-state index is 13.0. The number of aryl methyl sites for hydroxylation is 2. The van der Waals surface area contributed by atoms with Crippen molar-refractivity contribution < 1.29 is 4.42 Å². The molecule has 6 rings (SSSR count). The zero-order valence-corrected chi connectivity index (χ0v) is 18.8. The fraction of sp³-hybridized carbons (Fsp3) is 0.259. The van der Waals surface area contributed by atoms with Gasteiger partial charge in [0.05, 0.1) is 35.5 Å². The first-order valence-corrected chi connectivity index (χ1v) is 11.5. The van der Waals surface area contributed by atoms with Crippen LogP contribution in [0.25, 0.3) is 44.8 Å². The van der Waals surface area contributed by atoms with Crippen LogP contribution >= 0.6 is 0 Å². The molecule has 0 spiro atoms. The fourth-order valence-electron chi connectivity index (χ4n) is 5.17. The first-order valence-electron chi connectivity index (χ1n) is 11.5. The molecular weight excluding hydrogens is 412 g/mol. The lowest BCUT2D eigenvalue weighted by Gasteiger charge is -2.11. The number of aromatic amines is 1. The summed E-state index contributed by atoms with van der Waals surface area (Å²) in [6.45, 7) is 2.08. The molecule has 1 aliphatic carbocycles. The molecule has 0 saturated heterocycles. The number of nitrogens with zero attached hydrogens (tertiary/aromatic N) is 3. The van der Waals surface area contributed by atoms with Crippen molar-refractivity contribution in [2.45, 2.75) is 38.6 Å². The smallest absolute Gasteiger partial charge is 0.329 e. The third-order valence-electron chi connectivity index (χ3n) is 6.93. The highest BCUT2D eigenvalue weighted by Gasteiger charge is 2.23. The maximum Gasteiger partial charge on any atom is 0.329 e. The minimum absolute atomic E-state index is 0.0730. The summed E-state index contributed by atoms with van der Waals surface area (Å²) in [6.07, 6.45) is 9.86. The molecule has 166 valence electrons. The quantitative estimate of drug-likeness (QED) is 0.370. The summed E-state index contributed by atoms with van der Waals surface area (Å²) in [6, 6.07) is 14.9. The molecular formula is C27H26N4O2. The summed E-state index contributed by atoms with van der Waals surface area (Å²) in [5.74, 6) is 0.808. The van der Waals surface area contributed by atoms with Crippen LogP contribution < -0.4 is 5.69 Å². The van der Waals surface area contributed by atoms with Gasteiger partial charge in [-0.2, -0.15) is 0 Å². The molecule has 0 aliphatic heterocycles. The molecule has 3 heterocycles. The third kappa shape index (κ3) is 3.25. The van der Waals surface area contributed by atoms with Crippen molar-refractivity contribution in [1.29, 1.82) is 0 Å². The van der Waals surface area contributed by atoms with E-state index in [-0.39, 0.29) is 5.69 Å². The lowest BCUT2D eigenvalue weighted by molar-refractivity contribution is 0.509. The van der Waals surface area contributed by atoms with Crippen LogP contribution in [-0.4, -0.2) is 19.1 Å². The predicted octanol–water partition coefficient (Wildman–Crippen LogP) is 6.08. The fourth-order valence-corrected chi connectivity index (χ4v) is 5.17. The summed E-state index contributed by atoms with van der Waals surface area (Å²) in [4.78, 5) is 21.2. The minimum atomic E-state index is 0.0730. The van der Waals surface area contributed by atoms with Crippen LogP contribution in [0.15, 0.2) is 70.4 Å². The van der Waals surface area contributed by atoms with E-state index in [0.717, 1.165) is 57.6 Å². The summed E-state index contributed by atoms with van der Waals surface area (Å²) in [5.41, 5.74) is 8.26. The topological polar surface area (TPSA) is 68.8 Å². The van der Waals surface area contributed by atoms with Gasteiger partial charge in [0.15, 0.2) is 0 Å². The average Bonchev–Trinajstić information content (AvgIpc) is 3.63. The Kier molecular flexibility index (Phi) is 4.61. The van der Waals surface area contributed by atoms with Crippen LogP contribution in [0.2, 0.25) is 0 Å². The molecule has 2 aromatic carbocycles. The molecule has 1 aliphatic rings. The molecule has 6 nitrogen and oxygen atoms in total. The molecule has 6 heteroatoms. The summed E-state index contributed by atoms with van der Waals surface area (Å²) in [7, 11) is 1.86. The van der Waals surface area contributed by atoms with Gasteiger partial charge in [0.1, 0.15) is 5.82 Å². The summed E-state index contributed by atoms with van der Waals surface area (Å²) < 4.78 is 9.07. The number of H-pyrrole nitrogens is 1. The number of benzene rings is 2. The normalized spacial score (nSPS) is 14.5. The average molecular weight is 439 g/mol. The molecule has 5 aromatic rings. The van der Waals surface area contributed by atoms with Crippen LogP contribution in [0.1, 0.15) is 37.3 Å². The maximum atomic E-state index is 13.0. The highest BCUT2D eigenvalue weighted by molar-refractivity contribution is 5.84. The number of furan rings is 1. The van der Waals surface area contributed by atoms with Crippen molar-refractivity contribution >= 4 is 11.0 Å². The van der Waals surface area contributed by atoms with E-state index < -0.39 is 0 Å². The molecule has 0 bridgehead atoms. The van der Waals surface area contributed by atoms with Crippen LogP contribution in [0, 0.1) is 6.92 Å². The Labute approximate surface area is 191 Å². The zero-order valence-electron chi connectivity index (χ0n) is 18.8. The van der Waals surface area contributed by atoms with Crippen molar-refractivity contribution in [2.24, 2.45) is 7.05 Å². The molecule has 3 aromatic heterocycles. The largest absolute Gasteiger partial charge is 0.472 e. The number of nitrogens with one attached hydrogen (secondary N) is 1. The highest BCUT2D eigenvalue weighted by atomic mass is 16.3. The van der Waals surface area contributed by atoms with Gasteiger partial charge in [-0.1, -0.05) is 36.6 Å². The van der Waals surface area contributed by atoms with E-state index in [9.17, 15) is 4.79 Å². The Morgan fingerprint density at radius 2 is 1.85 bits per heavy atom. The number of aromatic nitrogens is 4. The van der Waals surface area contributed by atoms with Crippen LogP contribution in [0.3, 0.4) is 0 Å². The molecule has 1 N–H and O–H groups in total. The Bertz CT molecular complexity index is 1510. The van der Waals surface area contributed by atoms with Crippen molar-refractivity contribution in [3.8, 4) is 33.8 Å². The van der Waals surface area contributed by atoms with E-state index in [0.29, 0.717) is 6.04 Å². The molecule has 0 amide bonds. The van der Waals surface area contributed by atoms with Gasteiger partial charge in [-0.05, 0) is 49.6 Å².